The highest BCUT2D eigenvalue weighted by molar-refractivity contribution is 7.88. The molecule has 1 saturated heterocycles. The second kappa shape index (κ2) is 5.27. The Kier molecular flexibility index (Phi) is 4.55. The normalized spacial score (nSPS) is 25.7. The van der Waals surface area contributed by atoms with Crippen molar-refractivity contribution in [1.29, 1.82) is 0 Å². The predicted octanol–water partition coefficient (Wildman–Crippen LogP) is 0.752. The van der Waals surface area contributed by atoms with Crippen molar-refractivity contribution in [3.8, 4) is 0 Å². The molecule has 5 heteroatoms. The van der Waals surface area contributed by atoms with Crippen LogP contribution >= 0.6 is 0 Å². The molecule has 0 amide bonds. The summed E-state index contributed by atoms with van der Waals surface area (Å²) in [5, 5.41) is 0. The second-order valence-electron chi connectivity index (χ2n) is 4.38. The van der Waals surface area contributed by atoms with Crippen LogP contribution in [0.4, 0.5) is 0 Å². The summed E-state index contributed by atoms with van der Waals surface area (Å²) in [6.07, 6.45) is 3.69. The number of piperazine rings is 1. The molecular weight excluding hydrogens is 212 g/mol. The van der Waals surface area contributed by atoms with E-state index in [1.165, 1.54) is 19.1 Å². The van der Waals surface area contributed by atoms with E-state index in [0.29, 0.717) is 6.54 Å². The van der Waals surface area contributed by atoms with Crippen LogP contribution in [0.25, 0.3) is 0 Å². The maximum absolute atomic E-state index is 11.4. The summed E-state index contributed by atoms with van der Waals surface area (Å²) in [6.45, 7) is 7.64. The van der Waals surface area contributed by atoms with Gasteiger partial charge in [-0.3, -0.25) is 0 Å². The first kappa shape index (κ1) is 12.9. The SMILES string of the molecule is CCCCN1CCN(S(C)(=O)=O)[C@@H](C)C1. The zero-order chi connectivity index (χ0) is 11.5. The van der Waals surface area contributed by atoms with E-state index >= 15 is 0 Å². The van der Waals surface area contributed by atoms with Gasteiger partial charge in [-0.15, -0.1) is 0 Å². The van der Waals surface area contributed by atoms with Gasteiger partial charge in [-0.1, -0.05) is 13.3 Å². The van der Waals surface area contributed by atoms with Crippen molar-refractivity contribution < 1.29 is 8.42 Å². The summed E-state index contributed by atoms with van der Waals surface area (Å²) in [6, 6.07) is 0.116. The lowest BCUT2D eigenvalue weighted by Gasteiger charge is -2.38. The van der Waals surface area contributed by atoms with Crippen molar-refractivity contribution in [2.24, 2.45) is 0 Å². The average Bonchev–Trinajstić information content (AvgIpc) is 2.12. The van der Waals surface area contributed by atoms with Crippen LogP contribution in [0.15, 0.2) is 0 Å². The largest absolute Gasteiger partial charge is 0.300 e. The maximum atomic E-state index is 11.4. The van der Waals surface area contributed by atoms with E-state index in [2.05, 4.69) is 11.8 Å². The summed E-state index contributed by atoms with van der Waals surface area (Å²) in [4.78, 5) is 2.36. The molecule has 1 atom stereocenters. The highest BCUT2D eigenvalue weighted by atomic mass is 32.2. The van der Waals surface area contributed by atoms with Crippen LogP contribution < -0.4 is 0 Å². The van der Waals surface area contributed by atoms with Crippen LogP contribution in [0.2, 0.25) is 0 Å². The molecule has 0 bridgehead atoms. The Morgan fingerprint density at radius 2 is 2.00 bits per heavy atom. The van der Waals surface area contributed by atoms with Gasteiger partial charge in [-0.25, -0.2) is 8.42 Å². The molecule has 1 fully saturated rings. The van der Waals surface area contributed by atoms with Gasteiger partial charge in [0.15, 0.2) is 0 Å². The molecule has 0 aromatic heterocycles. The molecule has 0 spiro atoms. The molecule has 0 unspecified atom stereocenters. The van der Waals surface area contributed by atoms with Crippen LogP contribution in [0.5, 0.6) is 0 Å². The smallest absolute Gasteiger partial charge is 0.211 e. The van der Waals surface area contributed by atoms with Gasteiger partial charge in [0.05, 0.1) is 6.26 Å². The Morgan fingerprint density at radius 3 is 2.47 bits per heavy atom. The molecule has 1 aliphatic rings. The van der Waals surface area contributed by atoms with E-state index in [1.54, 1.807) is 4.31 Å². The third-order valence-electron chi connectivity index (χ3n) is 2.90. The molecule has 0 aromatic rings. The molecular formula is C10H22N2O2S. The van der Waals surface area contributed by atoms with Gasteiger partial charge in [0, 0.05) is 25.7 Å². The molecule has 90 valence electrons. The van der Waals surface area contributed by atoms with Gasteiger partial charge in [0.1, 0.15) is 0 Å². The van der Waals surface area contributed by atoms with E-state index in [1.807, 2.05) is 6.92 Å². The Hall–Kier alpha value is -0.130. The monoisotopic (exact) mass is 234 g/mol. The molecule has 1 heterocycles. The fourth-order valence-electron chi connectivity index (χ4n) is 2.09. The predicted molar refractivity (Wildman–Crippen MR) is 62.4 cm³/mol. The van der Waals surface area contributed by atoms with E-state index in [-0.39, 0.29) is 6.04 Å². The van der Waals surface area contributed by atoms with Gasteiger partial charge >= 0.3 is 0 Å². The maximum Gasteiger partial charge on any atom is 0.211 e. The second-order valence-corrected chi connectivity index (χ2v) is 6.31. The highest BCUT2D eigenvalue weighted by Crippen LogP contribution is 2.13. The minimum atomic E-state index is -3.01. The van der Waals surface area contributed by atoms with Crippen molar-refractivity contribution in [2.75, 3.05) is 32.4 Å². The minimum Gasteiger partial charge on any atom is -0.300 e. The summed E-state index contributed by atoms with van der Waals surface area (Å²) < 4.78 is 24.5. The van der Waals surface area contributed by atoms with Gasteiger partial charge in [0.2, 0.25) is 10.0 Å². The van der Waals surface area contributed by atoms with Crippen LogP contribution in [0, 0.1) is 0 Å². The Bertz CT molecular complexity index is 290. The molecule has 1 rings (SSSR count). The fourth-order valence-corrected chi connectivity index (χ4v) is 3.23. The van der Waals surface area contributed by atoms with E-state index in [4.69, 9.17) is 0 Å². The third kappa shape index (κ3) is 3.74. The first-order valence-electron chi connectivity index (χ1n) is 5.64. The van der Waals surface area contributed by atoms with Gasteiger partial charge < -0.3 is 4.90 Å². The van der Waals surface area contributed by atoms with Crippen LogP contribution in [-0.4, -0.2) is 56.1 Å². The van der Waals surface area contributed by atoms with Crippen molar-refractivity contribution in [3.05, 3.63) is 0 Å². The topological polar surface area (TPSA) is 40.6 Å². The van der Waals surface area contributed by atoms with Crippen molar-refractivity contribution >= 4 is 10.0 Å². The number of nitrogens with zero attached hydrogens (tertiary/aromatic N) is 2. The first-order valence-corrected chi connectivity index (χ1v) is 7.49. The Labute approximate surface area is 93.3 Å². The zero-order valence-corrected chi connectivity index (χ0v) is 10.8. The standard InChI is InChI=1S/C10H22N2O2S/c1-4-5-6-11-7-8-12(10(2)9-11)15(3,13)14/h10H,4-9H2,1-3H3/t10-/m0/s1. The lowest BCUT2D eigenvalue weighted by molar-refractivity contribution is 0.143. The number of unbranched alkanes of at least 4 members (excludes halogenated alkanes) is 1. The number of hydrogen-bond donors (Lipinski definition) is 0. The fraction of sp³-hybridized carbons (Fsp3) is 1.00. The van der Waals surface area contributed by atoms with E-state index < -0.39 is 10.0 Å². The van der Waals surface area contributed by atoms with Gasteiger partial charge in [-0.05, 0) is 19.9 Å². The molecule has 15 heavy (non-hydrogen) atoms. The third-order valence-corrected chi connectivity index (χ3v) is 4.30. The summed E-state index contributed by atoms with van der Waals surface area (Å²) in [5.74, 6) is 0. The quantitative estimate of drug-likeness (QED) is 0.721. The van der Waals surface area contributed by atoms with Crippen molar-refractivity contribution in [2.45, 2.75) is 32.7 Å². The van der Waals surface area contributed by atoms with Crippen molar-refractivity contribution in [3.63, 3.8) is 0 Å². The molecule has 1 aliphatic heterocycles. The lowest BCUT2D eigenvalue weighted by atomic mass is 10.2. The lowest BCUT2D eigenvalue weighted by Crippen LogP contribution is -2.53. The molecule has 0 saturated carbocycles. The number of rotatable bonds is 4. The van der Waals surface area contributed by atoms with Crippen molar-refractivity contribution in [1.82, 2.24) is 9.21 Å². The van der Waals surface area contributed by atoms with Crippen LogP contribution in [-0.2, 0) is 10.0 Å². The van der Waals surface area contributed by atoms with E-state index in [9.17, 15) is 8.42 Å². The molecule has 0 aliphatic carbocycles. The summed E-state index contributed by atoms with van der Waals surface area (Å²) in [5.41, 5.74) is 0. The van der Waals surface area contributed by atoms with Gasteiger partial charge in [-0.2, -0.15) is 4.31 Å². The molecule has 0 aromatic carbocycles. The van der Waals surface area contributed by atoms with Crippen LogP contribution in [0.3, 0.4) is 0 Å². The zero-order valence-electron chi connectivity index (χ0n) is 9.94. The van der Waals surface area contributed by atoms with E-state index in [0.717, 1.165) is 19.6 Å². The Balaban J connectivity index is 2.48. The van der Waals surface area contributed by atoms with Gasteiger partial charge in [0.25, 0.3) is 0 Å². The molecule has 0 N–H and O–H groups in total. The molecule has 0 radical (unpaired) electrons. The number of hydrogen-bond acceptors (Lipinski definition) is 3. The minimum absolute atomic E-state index is 0.116. The summed E-state index contributed by atoms with van der Waals surface area (Å²) in [7, 11) is -3.01. The number of sulfonamides is 1. The average molecular weight is 234 g/mol. The first-order chi connectivity index (χ1) is 6.95. The summed E-state index contributed by atoms with van der Waals surface area (Å²) >= 11 is 0. The Morgan fingerprint density at radius 1 is 1.33 bits per heavy atom. The van der Waals surface area contributed by atoms with Crippen LogP contribution in [0.1, 0.15) is 26.7 Å². The molecule has 4 nitrogen and oxygen atoms in total. The highest BCUT2D eigenvalue weighted by Gasteiger charge is 2.29.